The van der Waals surface area contributed by atoms with Crippen LogP contribution < -0.4 is 5.32 Å². The van der Waals surface area contributed by atoms with E-state index in [1.54, 1.807) is 17.4 Å². The molecule has 2 N–H and O–H groups in total. The van der Waals surface area contributed by atoms with Gasteiger partial charge in [0.15, 0.2) is 0 Å². The Hall–Kier alpha value is -1.52. The first-order chi connectivity index (χ1) is 8.58. The number of thiophene rings is 1. The summed E-state index contributed by atoms with van der Waals surface area (Å²) >= 11 is 7.31. The number of hydrogen-bond acceptors (Lipinski definition) is 3. The Kier molecular flexibility index (Phi) is 3.89. The Morgan fingerprint density at radius 2 is 2.22 bits per heavy atom. The van der Waals surface area contributed by atoms with Crippen LogP contribution in [0.4, 0.5) is 0 Å². The van der Waals surface area contributed by atoms with Crippen molar-refractivity contribution in [1.82, 2.24) is 5.32 Å². The van der Waals surface area contributed by atoms with Crippen LogP contribution in [0.15, 0.2) is 29.6 Å². The van der Waals surface area contributed by atoms with E-state index in [-0.39, 0.29) is 17.2 Å². The zero-order valence-electron chi connectivity index (χ0n) is 9.74. The maximum Gasteiger partial charge on any atom is 0.255 e. The molecule has 0 saturated heterocycles. The largest absolute Gasteiger partial charge is 0.507 e. The van der Waals surface area contributed by atoms with Crippen LogP contribution in [0.25, 0.3) is 0 Å². The number of aryl methyl sites for hydroxylation is 1. The minimum Gasteiger partial charge on any atom is -0.507 e. The van der Waals surface area contributed by atoms with E-state index in [4.69, 9.17) is 11.6 Å². The summed E-state index contributed by atoms with van der Waals surface area (Å²) < 4.78 is 0. The molecule has 0 aliphatic carbocycles. The molecular formula is C13H12ClNO2S. The number of phenolic OH excluding ortho intramolecular Hbond substituents is 1. The molecular weight excluding hydrogens is 270 g/mol. The number of aromatic hydroxyl groups is 1. The summed E-state index contributed by atoms with van der Waals surface area (Å²) in [5, 5.41) is 14.8. The van der Waals surface area contributed by atoms with Gasteiger partial charge >= 0.3 is 0 Å². The van der Waals surface area contributed by atoms with Gasteiger partial charge in [0.1, 0.15) is 5.75 Å². The van der Waals surface area contributed by atoms with Gasteiger partial charge in [0.2, 0.25) is 0 Å². The second-order valence-electron chi connectivity index (χ2n) is 3.87. The number of amides is 1. The fraction of sp³-hybridized carbons (Fsp3) is 0.154. The molecule has 94 valence electrons. The van der Waals surface area contributed by atoms with Crippen molar-refractivity contribution in [2.45, 2.75) is 13.5 Å². The Labute approximate surface area is 114 Å². The molecule has 0 aliphatic heterocycles. The highest BCUT2D eigenvalue weighted by Crippen LogP contribution is 2.22. The monoisotopic (exact) mass is 281 g/mol. The van der Waals surface area contributed by atoms with Gasteiger partial charge in [-0.05, 0) is 42.1 Å². The summed E-state index contributed by atoms with van der Waals surface area (Å²) in [7, 11) is 0. The van der Waals surface area contributed by atoms with Crippen molar-refractivity contribution in [2.24, 2.45) is 0 Å². The average Bonchev–Trinajstić information content (AvgIpc) is 2.72. The quantitative estimate of drug-likeness (QED) is 0.906. The van der Waals surface area contributed by atoms with Gasteiger partial charge in [0, 0.05) is 9.90 Å². The first kappa shape index (κ1) is 12.9. The molecule has 1 aromatic carbocycles. The summed E-state index contributed by atoms with van der Waals surface area (Å²) in [6, 6.07) is 6.44. The number of rotatable bonds is 3. The Morgan fingerprint density at radius 3 is 2.83 bits per heavy atom. The highest BCUT2D eigenvalue weighted by Gasteiger charge is 2.11. The molecule has 0 spiro atoms. The second-order valence-corrected chi connectivity index (χ2v) is 5.31. The minimum absolute atomic E-state index is 0.108. The lowest BCUT2D eigenvalue weighted by molar-refractivity contribution is 0.0948. The van der Waals surface area contributed by atoms with Crippen LogP contribution in [-0.4, -0.2) is 11.0 Å². The summed E-state index contributed by atoms with van der Waals surface area (Å²) in [6.07, 6.45) is 0. The van der Waals surface area contributed by atoms with Gasteiger partial charge in [-0.2, -0.15) is 0 Å². The predicted octanol–water partition coefficient (Wildman–Crippen LogP) is 3.35. The number of nitrogens with one attached hydrogen (secondary N) is 1. The molecule has 0 aliphatic rings. The lowest BCUT2D eigenvalue weighted by Gasteiger charge is -2.06. The molecule has 0 unspecified atom stereocenters. The van der Waals surface area contributed by atoms with Gasteiger partial charge in [-0.15, -0.1) is 11.3 Å². The summed E-state index contributed by atoms with van der Waals surface area (Å²) in [4.78, 5) is 13.0. The van der Waals surface area contributed by atoms with Gasteiger partial charge in [-0.1, -0.05) is 11.6 Å². The molecule has 0 saturated carbocycles. The number of benzene rings is 1. The number of phenols is 1. The van der Waals surface area contributed by atoms with Crippen molar-refractivity contribution in [3.8, 4) is 5.75 Å². The van der Waals surface area contributed by atoms with Crippen LogP contribution in [0.1, 0.15) is 20.8 Å². The van der Waals surface area contributed by atoms with Gasteiger partial charge in [-0.25, -0.2) is 0 Å². The highest BCUT2D eigenvalue weighted by molar-refractivity contribution is 7.10. The zero-order valence-corrected chi connectivity index (χ0v) is 11.3. The van der Waals surface area contributed by atoms with E-state index < -0.39 is 0 Å². The topological polar surface area (TPSA) is 49.3 Å². The van der Waals surface area contributed by atoms with Crippen molar-refractivity contribution >= 4 is 28.8 Å². The van der Waals surface area contributed by atoms with Crippen LogP contribution in [0.2, 0.25) is 5.02 Å². The van der Waals surface area contributed by atoms with Crippen molar-refractivity contribution < 1.29 is 9.90 Å². The number of halogens is 1. The Bertz CT molecular complexity index is 580. The molecule has 0 fully saturated rings. The molecule has 2 rings (SSSR count). The molecule has 3 nitrogen and oxygen atoms in total. The summed E-state index contributed by atoms with van der Waals surface area (Å²) in [6.45, 7) is 2.46. The van der Waals surface area contributed by atoms with E-state index in [2.05, 4.69) is 5.32 Å². The van der Waals surface area contributed by atoms with Crippen LogP contribution in [-0.2, 0) is 6.54 Å². The van der Waals surface area contributed by atoms with Gasteiger partial charge < -0.3 is 10.4 Å². The molecule has 0 atom stereocenters. The Morgan fingerprint density at radius 1 is 1.44 bits per heavy atom. The van der Waals surface area contributed by atoms with Gasteiger partial charge in [-0.3, -0.25) is 4.79 Å². The molecule has 1 amide bonds. The SMILES string of the molecule is Cc1ccsc1CNC(=O)c1ccc(Cl)cc1O. The zero-order chi connectivity index (χ0) is 13.1. The van der Waals surface area contributed by atoms with Crippen molar-refractivity contribution in [3.63, 3.8) is 0 Å². The molecule has 1 aromatic heterocycles. The lowest BCUT2D eigenvalue weighted by atomic mass is 10.2. The normalized spacial score (nSPS) is 10.3. The number of carbonyl (C=O) groups excluding carboxylic acids is 1. The van der Waals surface area contributed by atoms with Crippen LogP contribution in [0.5, 0.6) is 5.75 Å². The second kappa shape index (κ2) is 5.42. The number of hydrogen-bond donors (Lipinski definition) is 2. The van der Waals surface area contributed by atoms with Crippen LogP contribution in [0.3, 0.4) is 0 Å². The standard InChI is InChI=1S/C13H12ClNO2S/c1-8-4-5-18-12(8)7-15-13(17)10-3-2-9(14)6-11(10)16/h2-6,16H,7H2,1H3,(H,15,17). The number of carbonyl (C=O) groups is 1. The van der Waals surface area contributed by atoms with Crippen molar-refractivity contribution in [2.75, 3.05) is 0 Å². The third-order valence-electron chi connectivity index (χ3n) is 2.58. The van der Waals surface area contributed by atoms with E-state index in [0.717, 1.165) is 10.4 Å². The van der Waals surface area contributed by atoms with Gasteiger partial charge in [0.25, 0.3) is 5.91 Å². The van der Waals surface area contributed by atoms with E-state index in [1.165, 1.54) is 12.1 Å². The van der Waals surface area contributed by atoms with E-state index >= 15 is 0 Å². The van der Waals surface area contributed by atoms with Crippen molar-refractivity contribution in [3.05, 3.63) is 50.7 Å². The summed E-state index contributed by atoms with van der Waals surface area (Å²) in [5.41, 5.74) is 1.38. The molecule has 18 heavy (non-hydrogen) atoms. The van der Waals surface area contributed by atoms with E-state index in [9.17, 15) is 9.90 Å². The maximum atomic E-state index is 11.9. The first-order valence-electron chi connectivity index (χ1n) is 5.37. The molecule has 0 radical (unpaired) electrons. The first-order valence-corrected chi connectivity index (χ1v) is 6.63. The smallest absolute Gasteiger partial charge is 0.255 e. The van der Waals surface area contributed by atoms with Gasteiger partial charge in [0.05, 0.1) is 12.1 Å². The third kappa shape index (κ3) is 2.83. The van der Waals surface area contributed by atoms with Crippen LogP contribution >= 0.6 is 22.9 Å². The Balaban J connectivity index is 2.06. The van der Waals surface area contributed by atoms with E-state index in [0.29, 0.717) is 11.6 Å². The molecule has 5 heteroatoms. The molecule has 0 bridgehead atoms. The summed E-state index contributed by atoms with van der Waals surface area (Å²) in [5.74, 6) is -0.417. The van der Waals surface area contributed by atoms with E-state index in [1.807, 2.05) is 18.4 Å². The molecule has 2 aromatic rings. The minimum atomic E-state index is -0.308. The maximum absolute atomic E-state index is 11.9. The van der Waals surface area contributed by atoms with Crippen LogP contribution in [0, 0.1) is 6.92 Å². The fourth-order valence-corrected chi connectivity index (χ4v) is 2.55. The average molecular weight is 282 g/mol. The third-order valence-corrected chi connectivity index (χ3v) is 3.84. The lowest BCUT2D eigenvalue weighted by Crippen LogP contribution is -2.22. The molecule has 1 heterocycles. The fourth-order valence-electron chi connectivity index (χ4n) is 1.54. The predicted molar refractivity (Wildman–Crippen MR) is 73.3 cm³/mol. The highest BCUT2D eigenvalue weighted by atomic mass is 35.5. The van der Waals surface area contributed by atoms with Crippen molar-refractivity contribution in [1.29, 1.82) is 0 Å².